The molecule has 3 aromatic rings. The van der Waals surface area contributed by atoms with E-state index in [1.807, 2.05) is 0 Å². The first kappa shape index (κ1) is 48.1. The zero-order valence-electron chi connectivity index (χ0n) is 31.5. The van der Waals surface area contributed by atoms with E-state index in [1.165, 1.54) is 6.08 Å². The van der Waals surface area contributed by atoms with Gasteiger partial charge in [0.15, 0.2) is 30.0 Å². The Kier molecular flexibility index (Phi) is 18.4. The maximum Gasteiger partial charge on any atom is 0.472 e. The van der Waals surface area contributed by atoms with Crippen molar-refractivity contribution in [1.82, 2.24) is 34.0 Å². The molecule has 3 rings (SSSR count). The lowest BCUT2D eigenvalue weighted by atomic mass is 10.1. The van der Waals surface area contributed by atoms with Crippen molar-refractivity contribution in [3.8, 4) is 0 Å². The summed E-state index contributed by atoms with van der Waals surface area (Å²) in [6.45, 7) is 3.00. The minimum Gasteiger partial charge on any atom is -0.453 e. The van der Waals surface area contributed by atoms with Crippen LogP contribution in [0.1, 0.15) is 32.2 Å². The number of carbonyl (C=O) groups excluding carboxylic acids is 2. The topological polar surface area (TPSA) is 368 Å². The summed E-state index contributed by atoms with van der Waals surface area (Å²) in [6.07, 6.45) is -6.71. The Balaban J connectivity index is 1.96. The third-order valence-electron chi connectivity index (χ3n) is 8.01. The highest BCUT2D eigenvalue weighted by atomic mass is 31.2. The first-order valence-electron chi connectivity index (χ1n) is 17.1. The van der Waals surface area contributed by atoms with Gasteiger partial charge in [0.1, 0.15) is 42.5 Å². The van der Waals surface area contributed by atoms with E-state index in [2.05, 4.69) is 31.0 Å². The predicted molar refractivity (Wildman–Crippen MR) is 198 cm³/mol. The molecule has 7 atom stereocenters. The maximum atomic E-state index is 13.5. The number of anilines is 2. The molecule has 324 valence electrons. The molecule has 26 nitrogen and oxygen atoms in total. The van der Waals surface area contributed by atoms with Crippen molar-refractivity contribution in [2.75, 3.05) is 65.2 Å². The molecule has 1 amide bonds. The Morgan fingerprint density at radius 1 is 1.00 bits per heavy atom. The number of rotatable bonds is 26. The molecule has 3 heterocycles. The maximum absolute atomic E-state index is 13.5. The average Bonchev–Trinajstić information content (AvgIpc) is 3.60. The van der Waals surface area contributed by atoms with Gasteiger partial charge < -0.3 is 60.2 Å². The van der Waals surface area contributed by atoms with Gasteiger partial charge in [-0.05, 0) is 19.4 Å². The molecule has 0 aliphatic rings. The second kappa shape index (κ2) is 22.2. The van der Waals surface area contributed by atoms with Crippen LogP contribution in [0.2, 0.25) is 0 Å². The van der Waals surface area contributed by atoms with Crippen molar-refractivity contribution < 1.29 is 76.1 Å². The largest absolute Gasteiger partial charge is 0.472 e. The lowest BCUT2D eigenvalue weighted by Crippen LogP contribution is -2.46. The van der Waals surface area contributed by atoms with Crippen molar-refractivity contribution in [2.24, 2.45) is 0 Å². The molecular weight excluding hydrogens is 820 g/mol. The summed E-state index contributed by atoms with van der Waals surface area (Å²) >= 11 is 0. The molecular formula is C30H47N9O17P2. The van der Waals surface area contributed by atoms with Crippen molar-refractivity contribution in [2.45, 2.75) is 56.6 Å². The van der Waals surface area contributed by atoms with Crippen LogP contribution in [0.15, 0.2) is 42.4 Å². The van der Waals surface area contributed by atoms with Crippen LogP contribution >= 0.6 is 15.6 Å². The summed E-state index contributed by atoms with van der Waals surface area (Å²) in [5.41, 5.74) is 10.3. The number of aliphatic hydroxyl groups is 2. The number of ether oxygens (including phenoxy) is 4. The molecule has 0 aliphatic carbocycles. The van der Waals surface area contributed by atoms with Crippen LogP contribution in [0.5, 0.6) is 0 Å². The molecule has 0 saturated heterocycles. The van der Waals surface area contributed by atoms with Crippen LogP contribution < -0.4 is 17.2 Å². The third kappa shape index (κ3) is 13.9. The van der Waals surface area contributed by atoms with E-state index >= 15 is 0 Å². The highest BCUT2D eigenvalue weighted by Gasteiger charge is 2.42. The van der Waals surface area contributed by atoms with Crippen LogP contribution in [-0.2, 0) is 51.2 Å². The molecule has 0 fully saturated rings. The highest BCUT2D eigenvalue weighted by Crippen LogP contribution is 2.47. The minimum atomic E-state index is -5.50. The van der Waals surface area contributed by atoms with Crippen molar-refractivity contribution in [3.63, 3.8) is 0 Å². The minimum absolute atomic E-state index is 0.00592. The smallest absolute Gasteiger partial charge is 0.453 e. The summed E-state index contributed by atoms with van der Waals surface area (Å²) in [5, 5.41) is 22.8. The Morgan fingerprint density at radius 3 is 2.28 bits per heavy atom. The number of nitrogens with two attached hydrogens (primary N) is 2. The van der Waals surface area contributed by atoms with Gasteiger partial charge in [0.05, 0.1) is 26.1 Å². The number of nitrogen functional groups attached to an aromatic ring is 2. The number of aromatic nitrogens is 6. The van der Waals surface area contributed by atoms with Gasteiger partial charge in [0.2, 0.25) is 5.91 Å². The van der Waals surface area contributed by atoms with Gasteiger partial charge in [0, 0.05) is 40.0 Å². The number of esters is 1. The molecule has 0 saturated carbocycles. The molecule has 0 radical (unpaired) electrons. The number of carbonyl (C=O) groups is 2. The Labute approximate surface area is 330 Å². The Hall–Kier alpha value is -4.27. The van der Waals surface area contributed by atoms with Crippen LogP contribution in [0.4, 0.5) is 11.6 Å². The molecule has 58 heavy (non-hydrogen) atoms. The fraction of sp³-hybridized carbons (Fsp3) is 0.567. The van der Waals surface area contributed by atoms with Crippen LogP contribution in [-0.4, -0.2) is 149 Å². The van der Waals surface area contributed by atoms with E-state index in [4.69, 9.17) is 39.5 Å². The Bertz CT molecular complexity index is 1980. The van der Waals surface area contributed by atoms with Gasteiger partial charge in [-0.25, -0.2) is 28.9 Å². The van der Waals surface area contributed by atoms with E-state index in [0.717, 1.165) is 48.6 Å². The molecule has 28 heteroatoms. The van der Waals surface area contributed by atoms with Crippen LogP contribution in [0.3, 0.4) is 0 Å². The van der Waals surface area contributed by atoms with Crippen molar-refractivity contribution in [3.05, 3.63) is 48.1 Å². The number of phosphoric acid groups is 2. The molecule has 3 aromatic heterocycles. The van der Waals surface area contributed by atoms with Crippen molar-refractivity contribution >= 4 is 50.3 Å². The zero-order valence-corrected chi connectivity index (χ0v) is 33.3. The van der Waals surface area contributed by atoms with Crippen LogP contribution in [0, 0.1) is 0 Å². The number of hydrogen-bond acceptors (Lipinski definition) is 20. The highest BCUT2D eigenvalue weighted by molar-refractivity contribution is 7.47. The summed E-state index contributed by atoms with van der Waals surface area (Å²) in [6, 6.07) is 1.08. The van der Waals surface area contributed by atoms with Gasteiger partial charge in [-0.2, -0.15) is 4.98 Å². The molecule has 1 unspecified atom stereocenters. The van der Waals surface area contributed by atoms with E-state index < -0.39 is 89.8 Å². The number of phosphoric ester groups is 2. The standard InChI is InChI=1S/C30H47N9O17P2/c1-5-7-8-21(40)37(11-12-52-6-2)13-22(41)55-24(28(42)39-17-35-23-26(32)33-16-34-27(23)39)18(50-3)15-54-58(48,49)56-25(19(51-4)14-53-57(45,46)47)29(43)38-10-9-20(31)36-30(38)44/h5,9-10,16-19,24-25,28-29,42-43H,1,6-8,11-15H2,2-4H3,(H,48,49)(H2,31,36,44)(H2,32,33,34)(H2,45,46,47)/t18-,19-,24-,25-,28-,29-/m1/s1. The normalized spacial score (nSPS) is 16.1. The first-order chi connectivity index (χ1) is 27.4. The second-order valence-electron chi connectivity index (χ2n) is 11.9. The molecule has 9 N–H and O–H groups in total. The number of imidazole rings is 1. The van der Waals surface area contributed by atoms with Gasteiger partial charge in [-0.3, -0.25) is 32.3 Å². The number of allylic oxidation sites excluding steroid dienone is 1. The SMILES string of the molecule is C=CCCC(=O)N(CCOCC)CC(=O)O[C@@H]([C@@H](O)n1cnc2c(N)ncnc21)[C@@H](COP(=O)(O)O[C@@H]([C@@H](O)n1ccc(N)nc1=O)[C@@H](COP(=O)(O)O)OC)OC. The van der Waals surface area contributed by atoms with Crippen molar-refractivity contribution in [1.29, 1.82) is 0 Å². The summed E-state index contributed by atoms with van der Waals surface area (Å²) < 4.78 is 62.9. The predicted octanol–water partition coefficient (Wildman–Crippen LogP) is -1.39. The van der Waals surface area contributed by atoms with E-state index in [1.54, 1.807) is 6.92 Å². The number of hydrogen-bond donors (Lipinski definition) is 7. The summed E-state index contributed by atoms with van der Waals surface area (Å²) in [7, 11) is -8.65. The van der Waals surface area contributed by atoms with E-state index in [9.17, 15) is 48.4 Å². The molecule has 0 spiro atoms. The lowest BCUT2D eigenvalue weighted by Gasteiger charge is -2.33. The fourth-order valence-corrected chi connectivity index (χ4v) is 6.40. The molecule has 0 aliphatic heterocycles. The summed E-state index contributed by atoms with van der Waals surface area (Å²) in [5.74, 6) is -1.84. The first-order valence-corrected chi connectivity index (χ1v) is 20.1. The van der Waals surface area contributed by atoms with Gasteiger partial charge >= 0.3 is 27.3 Å². The van der Waals surface area contributed by atoms with Gasteiger partial charge in [-0.15, -0.1) is 6.58 Å². The van der Waals surface area contributed by atoms with Gasteiger partial charge in [0.25, 0.3) is 0 Å². The molecule has 0 aromatic carbocycles. The average molecular weight is 868 g/mol. The number of aliphatic hydroxyl groups excluding tert-OH is 2. The zero-order chi connectivity index (χ0) is 43.2. The number of nitrogens with zero attached hydrogens (tertiary/aromatic N) is 7. The second-order valence-corrected chi connectivity index (χ2v) is 14.6. The monoisotopic (exact) mass is 867 g/mol. The number of amides is 1. The lowest BCUT2D eigenvalue weighted by molar-refractivity contribution is -0.179. The van der Waals surface area contributed by atoms with E-state index in [-0.39, 0.29) is 42.4 Å². The van der Waals surface area contributed by atoms with E-state index in [0.29, 0.717) is 17.6 Å². The number of fused-ring (bicyclic) bond motifs is 1. The number of methoxy groups -OCH3 is 2. The quantitative estimate of drug-likeness (QED) is 0.0211. The third-order valence-corrected chi connectivity index (χ3v) is 9.48. The fourth-order valence-electron chi connectivity index (χ4n) is 5.11. The molecule has 0 bridgehead atoms. The summed E-state index contributed by atoms with van der Waals surface area (Å²) in [4.78, 5) is 85.0. The Morgan fingerprint density at radius 2 is 1.66 bits per heavy atom. The van der Waals surface area contributed by atoms with Crippen LogP contribution in [0.25, 0.3) is 11.2 Å². The van der Waals surface area contributed by atoms with Gasteiger partial charge in [-0.1, -0.05) is 6.08 Å².